The Morgan fingerprint density at radius 3 is 2.85 bits per heavy atom. The van der Waals surface area contributed by atoms with Crippen LogP contribution in [-0.2, 0) is 0 Å². The number of hydrogen-bond donors (Lipinski definition) is 1. The number of pyridine rings is 1. The maximum Gasteiger partial charge on any atom is 0.254 e. The van der Waals surface area contributed by atoms with Gasteiger partial charge >= 0.3 is 0 Å². The molecule has 1 unspecified atom stereocenters. The van der Waals surface area contributed by atoms with E-state index in [1.54, 1.807) is 0 Å². The number of carbonyl (C=O) groups is 1. The standard InChI is InChI=1S/C16H25N3O/c1-5-17-15-9-14(8-12(4)18-15)16(20)19-7-6-13(10-19)11(2)3/h8-9,11,13H,5-7,10H2,1-4H3,(H,17,18). The number of hydrogen-bond acceptors (Lipinski definition) is 3. The SMILES string of the molecule is CCNc1cc(C(=O)N2CCC(C(C)C)C2)cc(C)n1. The summed E-state index contributed by atoms with van der Waals surface area (Å²) in [5.74, 6) is 2.20. The topological polar surface area (TPSA) is 45.2 Å². The molecule has 2 rings (SSSR count). The number of aromatic nitrogens is 1. The fourth-order valence-electron chi connectivity index (χ4n) is 2.76. The summed E-state index contributed by atoms with van der Waals surface area (Å²) in [6, 6.07) is 3.74. The van der Waals surface area contributed by atoms with Crippen molar-refractivity contribution >= 4 is 11.7 Å². The largest absolute Gasteiger partial charge is 0.370 e. The molecule has 1 saturated heterocycles. The van der Waals surface area contributed by atoms with E-state index in [9.17, 15) is 4.79 Å². The number of rotatable bonds is 4. The van der Waals surface area contributed by atoms with Crippen molar-refractivity contribution < 1.29 is 4.79 Å². The zero-order valence-corrected chi connectivity index (χ0v) is 12.9. The van der Waals surface area contributed by atoms with Crippen LogP contribution in [0.4, 0.5) is 5.82 Å². The van der Waals surface area contributed by atoms with Gasteiger partial charge in [0.15, 0.2) is 0 Å². The average Bonchev–Trinajstić information content (AvgIpc) is 2.87. The fraction of sp³-hybridized carbons (Fsp3) is 0.625. The summed E-state index contributed by atoms with van der Waals surface area (Å²) >= 11 is 0. The van der Waals surface area contributed by atoms with Crippen LogP contribution in [0.15, 0.2) is 12.1 Å². The van der Waals surface area contributed by atoms with Crippen LogP contribution in [0.25, 0.3) is 0 Å². The molecule has 20 heavy (non-hydrogen) atoms. The van der Waals surface area contributed by atoms with Gasteiger partial charge in [-0.2, -0.15) is 0 Å². The minimum Gasteiger partial charge on any atom is -0.370 e. The second-order valence-corrected chi connectivity index (χ2v) is 5.96. The first-order valence-electron chi connectivity index (χ1n) is 7.53. The average molecular weight is 275 g/mol. The van der Waals surface area contributed by atoms with Crippen LogP contribution in [-0.4, -0.2) is 35.4 Å². The quantitative estimate of drug-likeness (QED) is 0.919. The van der Waals surface area contributed by atoms with E-state index in [2.05, 4.69) is 24.1 Å². The first kappa shape index (κ1) is 14.8. The normalized spacial score (nSPS) is 18.6. The molecule has 2 heterocycles. The number of likely N-dealkylation sites (tertiary alicyclic amines) is 1. The predicted molar refractivity (Wildman–Crippen MR) is 82.0 cm³/mol. The molecule has 1 aliphatic rings. The van der Waals surface area contributed by atoms with Crippen molar-refractivity contribution in [1.82, 2.24) is 9.88 Å². The first-order chi connectivity index (χ1) is 9.51. The van der Waals surface area contributed by atoms with Crippen molar-refractivity contribution in [2.45, 2.75) is 34.1 Å². The lowest BCUT2D eigenvalue weighted by molar-refractivity contribution is 0.0784. The Kier molecular flexibility index (Phi) is 4.63. The van der Waals surface area contributed by atoms with Crippen LogP contribution in [0, 0.1) is 18.8 Å². The number of carbonyl (C=O) groups excluding carboxylic acids is 1. The summed E-state index contributed by atoms with van der Waals surface area (Å²) in [6.07, 6.45) is 1.12. The maximum atomic E-state index is 12.6. The van der Waals surface area contributed by atoms with E-state index >= 15 is 0 Å². The Balaban J connectivity index is 2.13. The molecular formula is C16H25N3O. The monoisotopic (exact) mass is 275 g/mol. The summed E-state index contributed by atoms with van der Waals surface area (Å²) in [7, 11) is 0. The van der Waals surface area contributed by atoms with E-state index in [1.807, 2.05) is 30.9 Å². The molecule has 0 aliphatic carbocycles. The van der Waals surface area contributed by atoms with Gasteiger partial charge in [0, 0.05) is 30.9 Å². The third kappa shape index (κ3) is 3.30. The van der Waals surface area contributed by atoms with E-state index in [-0.39, 0.29) is 5.91 Å². The fourth-order valence-corrected chi connectivity index (χ4v) is 2.76. The third-order valence-electron chi connectivity index (χ3n) is 4.01. The summed E-state index contributed by atoms with van der Waals surface area (Å²) in [5, 5.41) is 3.18. The van der Waals surface area contributed by atoms with Gasteiger partial charge in [-0.05, 0) is 44.2 Å². The van der Waals surface area contributed by atoms with Crippen molar-refractivity contribution in [3.05, 3.63) is 23.4 Å². The van der Waals surface area contributed by atoms with Crippen molar-refractivity contribution in [3.63, 3.8) is 0 Å². The molecule has 110 valence electrons. The van der Waals surface area contributed by atoms with Crippen molar-refractivity contribution in [2.75, 3.05) is 25.0 Å². The number of aryl methyl sites for hydroxylation is 1. The van der Waals surface area contributed by atoms with E-state index < -0.39 is 0 Å². The number of anilines is 1. The van der Waals surface area contributed by atoms with E-state index in [0.29, 0.717) is 11.8 Å². The van der Waals surface area contributed by atoms with Crippen LogP contribution >= 0.6 is 0 Å². The Labute approximate surface area is 121 Å². The molecule has 1 atom stereocenters. The Bertz CT molecular complexity index is 485. The van der Waals surface area contributed by atoms with Crippen LogP contribution in [0.1, 0.15) is 43.2 Å². The molecule has 1 aromatic heterocycles. The molecule has 0 bridgehead atoms. The molecular weight excluding hydrogens is 250 g/mol. The van der Waals surface area contributed by atoms with Crippen molar-refractivity contribution in [3.8, 4) is 0 Å². The summed E-state index contributed by atoms with van der Waals surface area (Å²) in [5.41, 5.74) is 1.63. The van der Waals surface area contributed by atoms with Crippen LogP contribution < -0.4 is 5.32 Å². The molecule has 0 aromatic carbocycles. The van der Waals surface area contributed by atoms with Gasteiger partial charge < -0.3 is 10.2 Å². The Hall–Kier alpha value is -1.58. The van der Waals surface area contributed by atoms with E-state index in [1.165, 1.54) is 0 Å². The highest BCUT2D eigenvalue weighted by Crippen LogP contribution is 2.25. The molecule has 1 N–H and O–H groups in total. The van der Waals surface area contributed by atoms with Gasteiger partial charge in [0.2, 0.25) is 0 Å². The van der Waals surface area contributed by atoms with E-state index in [4.69, 9.17) is 0 Å². The highest BCUT2D eigenvalue weighted by atomic mass is 16.2. The Morgan fingerprint density at radius 1 is 1.50 bits per heavy atom. The number of amides is 1. The Morgan fingerprint density at radius 2 is 2.25 bits per heavy atom. The van der Waals surface area contributed by atoms with Gasteiger partial charge in [-0.25, -0.2) is 4.98 Å². The van der Waals surface area contributed by atoms with Crippen LogP contribution in [0.2, 0.25) is 0 Å². The van der Waals surface area contributed by atoms with Crippen LogP contribution in [0.5, 0.6) is 0 Å². The van der Waals surface area contributed by atoms with Gasteiger partial charge in [-0.1, -0.05) is 13.8 Å². The molecule has 0 radical (unpaired) electrons. The lowest BCUT2D eigenvalue weighted by Gasteiger charge is -2.19. The van der Waals surface area contributed by atoms with Crippen LogP contribution in [0.3, 0.4) is 0 Å². The second-order valence-electron chi connectivity index (χ2n) is 5.96. The lowest BCUT2D eigenvalue weighted by Crippen LogP contribution is -2.29. The molecule has 1 aliphatic heterocycles. The first-order valence-corrected chi connectivity index (χ1v) is 7.53. The summed E-state index contributed by atoms with van der Waals surface area (Å²) < 4.78 is 0. The minimum atomic E-state index is 0.137. The smallest absolute Gasteiger partial charge is 0.254 e. The van der Waals surface area contributed by atoms with Gasteiger partial charge in [-0.3, -0.25) is 4.79 Å². The number of nitrogens with zero attached hydrogens (tertiary/aromatic N) is 2. The molecule has 1 aromatic rings. The molecule has 0 spiro atoms. The molecule has 1 fully saturated rings. The summed E-state index contributed by atoms with van der Waals surface area (Å²) in [6.45, 7) is 11.0. The van der Waals surface area contributed by atoms with Crippen molar-refractivity contribution in [2.24, 2.45) is 11.8 Å². The zero-order chi connectivity index (χ0) is 14.7. The molecule has 4 heteroatoms. The lowest BCUT2D eigenvalue weighted by atomic mass is 9.95. The third-order valence-corrected chi connectivity index (χ3v) is 4.01. The van der Waals surface area contributed by atoms with E-state index in [0.717, 1.165) is 43.1 Å². The zero-order valence-electron chi connectivity index (χ0n) is 12.9. The van der Waals surface area contributed by atoms with Crippen molar-refractivity contribution in [1.29, 1.82) is 0 Å². The maximum absolute atomic E-state index is 12.6. The summed E-state index contributed by atoms with van der Waals surface area (Å²) in [4.78, 5) is 19.0. The molecule has 4 nitrogen and oxygen atoms in total. The molecule has 1 amide bonds. The van der Waals surface area contributed by atoms with Gasteiger partial charge in [-0.15, -0.1) is 0 Å². The molecule has 0 saturated carbocycles. The van der Waals surface area contributed by atoms with Gasteiger partial charge in [0.05, 0.1) is 0 Å². The van der Waals surface area contributed by atoms with Gasteiger partial charge in [0.1, 0.15) is 5.82 Å². The predicted octanol–water partition coefficient (Wildman–Crippen LogP) is 2.94. The highest BCUT2D eigenvalue weighted by molar-refractivity contribution is 5.95. The second kappa shape index (κ2) is 6.25. The van der Waals surface area contributed by atoms with Gasteiger partial charge in [0.25, 0.3) is 5.91 Å². The number of nitrogens with one attached hydrogen (secondary N) is 1. The minimum absolute atomic E-state index is 0.137. The highest BCUT2D eigenvalue weighted by Gasteiger charge is 2.28.